The van der Waals surface area contributed by atoms with Gasteiger partial charge in [0.2, 0.25) is 5.91 Å². The number of carbonyl (C=O) groups excluding carboxylic acids is 1. The quantitative estimate of drug-likeness (QED) is 0.486. The maximum atomic E-state index is 12.1. The normalized spacial score (nSPS) is 10.6. The highest BCUT2D eigenvalue weighted by molar-refractivity contribution is 7.98. The lowest BCUT2D eigenvalue weighted by molar-refractivity contribution is -0.116. The van der Waals surface area contributed by atoms with Crippen molar-refractivity contribution < 1.29 is 9.53 Å². The second-order valence-electron chi connectivity index (χ2n) is 5.96. The molecule has 4 nitrogen and oxygen atoms in total. The maximum absolute atomic E-state index is 12.1. The van der Waals surface area contributed by atoms with Crippen molar-refractivity contribution in [1.82, 2.24) is 4.98 Å². The van der Waals surface area contributed by atoms with Gasteiger partial charge in [0.25, 0.3) is 0 Å². The van der Waals surface area contributed by atoms with Crippen molar-refractivity contribution in [2.75, 3.05) is 18.2 Å². The minimum absolute atomic E-state index is 0.0194. The molecule has 0 unspecified atom stereocenters. The van der Waals surface area contributed by atoms with Crippen molar-refractivity contribution in [1.29, 1.82) is 0 Å². The standard InChI is InChI=1S/C21H22N2O2S2/c1-25-18-11-9-17(10-12-18)19-15-27-21(22-19)23-20(24)8-5-13-26-14-16-6-3-2-4-7-16/h2-4,6-7,9-12,15H,5,8,13-14H2,1H3,(H,22,23,24). The molecule has 1 N–H and O–H groups in total. The van der Waals surface area contributed by atoms with Gasteiger partial charge in [0.05, 0.1) is 12.8 Å². The number of amides is 1. The first kappa shape index (κ1) is 19.5. The first-order valence-corrected chi connectivity index (χ1v) is 10.8. The molecule has 0 aliphatic rings. The van der Waals surface area contributed by atoms with E-state index in [0.717, 1.165) is 34.9 Å². The second kappa shape index (κ2) is 10.1. The minimum atomic E-state index is 0.0194. The van der Waals surface area contributed by atoms with Crippen LogP contribution in [-0.4, -0.2) is 23.8 Å². The van der Waals surface area contributed by atoms with E-state index in [-0.39, 0.29) is 5.91 Å². The zero-order chi connectivity index (χ0) is 18.9. The summed E-state index contributed by atoms with van der Waals surface area (Å²) >= 11 is 3.30. The van der Waals surface area contributed by atoms with Crippen LogP contribution in [0.4, 0.5) is 5.13 Å². The summed E-state index contributed by atoms with van der Waals surface area (Å²) in [6.07, 6.45) is 1.37. The molecule has 0 bridgehead atoms. The van der Waals surface area contributed by atoms with Gasteiger partial charge in [-0.2, -0.15) is 11.8 Å². The predicted octanol–water partition coefficient (Wildman–Crippen LogP) is 5.47. The van der Waals surface area contributed by atoms with Crippen LogP contribution in [0.25, 0.3) is 11.3 Å². The van der Waals surface area contributed by atoms with Crippen molar-refractivity contribution in [3.05, 3.63) is 65.5 Å². The van der Waals surface area contributed by atoms with E-state index in [1.54, 1.807) is 7.11 Å². The van der Waals surface area contributed by atoms with E-state index in [2.05, 4.69) is 34.6 Å². The van der Waals surface area contributed by atoms with Crippen LogP contribution in [0.2, 0.25) is 0 Å². The Bertz CT molecular complexity index is 848. The van der Waals surface area contributed by atoms with Crippen molar-refractivity contribution in [2.45, 2.75) is 18.6 Å². The number of hydrogen-bond donors (Lipinski definition) is 1. The summed E-state index contributed by atoms with van der Waals surface area (Å²) in [6.45, 7) is 0. The van der Waals surface area contributed by atoms with Gasteiger partial charge in [0.1, 0.15) is 5.75 Å². The van der Waals surface area contributed by atoms with Crippen molar-refractivity contribution in [3.63, 3.8) is 0 Å². The molecule has 6 heteroatoms. The molecule has 0 saturated heterocycles. The van der Waals surface area contributed by atoms with E-state index in [9.17, 15) is 4.79 Å². The number of benzene rings is 2. The number of nitrogens with zero attached hydrogens (tertiary/aromatic N) is 1. The summed E-state index contributed by atoms with van der Waals surface area (Å²) in [5.41, 5.74) is 3.18. The highest BCUT2D eigenvalue weighted by atomic mass is 32.2. The highest BCUT2D eigenvalue weighted by Crippen LogP contribution is 2.26. The van der Waals surface area contributed by atoms with E-state index < -0.39 is 0 Å². The highest BCUT2D eigenvalue weighted by Gasteiger charge is 2.08. The fraction of sp³-hybridized carbons (Fsp3) is 0.238. The Labute approximate surface area is 168 Å². The topological polar surface area (TPSA) is 51.2 Å². The number of nitrogens with one attached hydrogen (secondary N) is 1. The van der Waals surface area contributed by atoms with Crippen LogP contribution in [-0.2, 0) is 10.5 Å². The molecule has 2 aromatic carbocycles. The molecule has 0 saturated carbocycles. The molecule has 27 heavy (non-hydrogen) atoms. The Morgan fingerprint density at radius 3 is 2.67 bits per heavy atom. The molecule has 1 heterocycles. The number of hydrogen-bond acceptors (Lipinski definition) is 5. The number of rotatable bonds is 9. The Morgan fingerprint density at radius 2 is 1.93 bits per heavy atom. The van der Waals surface area contributed by atoms with E-state index in [0.29, 0.717) is 11.6 Å². The summed E-state index contributed by atoms with van der Waals surface area (Å²) in [5.74, 6) is 2.79. The molecule has 0 radical (unpaired) electrons. The van der Waals surface area contributed by atoms with Crippen LogP contribution in [0.3, 0.4) is 0 Å². The fourth-order valence-electron chi connectivity index (χ4n) is 2.51. The number of carbonyl (C=O) groups is 1. The van der Waals surface area contributed by atoms with Gasteiger partial charge < -0.3 is 10.1 Å². The Hall–Kier alpha value is -2.31. The summed E-state index contributed by atoms with van der Waals surface area (Å²) in [6, 6.07) is 18.1. The van der Waals surface area contributed by atoms with Crippen LogP contribution in [0.1, 0.15) is 18.4 Å². The molecule has 0 spiro atoms. The lowest BCUT2D eigenvalue weighted by atomic mass is 10.2. The Morgan fingerprint density at radius 1 is 1.15 bits per heavy atom. The molecule has 1 aromatic heterocycles. The first-order valence-electron chi connectivity index (χ1n) is 8.76. The molecule has 3 rings (SSSR count). The van der Waals surface area contributed by atoms with E-state index in [1.807, 2.05) is 47.5 Å². The second-order valence-corrected chi connectivity index (χ2v) is 7.92. The Balaban J connectivity index is 1.40. The van der Waals surface area contributed by atoms with Gasteiger partial charge in [-0.3, -0.25) is 4.79 Å². The van der Waals surface area contributed by atoms with Crippen LogP contribution < -0.4 is 10.1 Å². The van der Waals surface area contributed by atoms with Crippen LogP contribution in [0.5, 0.6) is 5.75 Å². The molecule has 0 fully saturated rings. The smallest absolute Gasteiger partial charge is 0.226 e. The molecule has 0 atom stereocenters. The first-order chi connectivity index (χ1) is 13.2. The van der Waals surface area contributed by atoms with Crippen molar-refractivity contribution in [2.24, 2.45) is 0 Å². The fourth-order valence-corrected chi connectivity index (χ4v) is 4.16. The summed E-state index contributed by atoms with van der Waals surface area (Å²) in [4.78, 5) is 16.6. The lowest BCUT2D eigenvalue weighted by Gasteiger charge is -2.03. The molecular weight excluding hydrogens is 376 g/mol. The average Bonchev–Trinajstić information content (AvgIpc) is 3.17. The van der Waals surface area contributed by atoms with Gasteiger partial charge in [-0.1, -0.05) is 30.3 Å². The molecular formula is C21H22N2O2S2. The number of methoxy groups -OCH3 is 1. The molecule has 0 aliphatic carbocycles. The molecule has 0 aliphatic heterocycles. The Kier molecular flexibility index (Phi) is 7.30. The van der Waals surface area contributed by atoms with E-state index in [4.69, 9.17) is 4.74 Å². The lowest BCUT2D eigenvalue weighted by Crippen LogP contribution is -2.11. The number of anilines is 1. The van der Waals surface area contributed by atoms with Gasteiger partial charge in [-0.15, -0.1) is 11.3 Å². The monoisotopic (exact) mass is 398 g/mol. The minimum Gasteiger partial charge on any atom is -0.497 e. The van der Waals surface area contributed by atoms with Crippen molar-refractivity contribution in [3.8, 4) is 17.0 Å². The van der Waals surface area contributed by atoms with Gasteiger partial charge in [0.15, 0.2) is 5.13 Å². The van der Waals surface area contributed by atoms with E-state index >= 15 is 0 Å². The average molecular weight is 399 g/mol. The third-order valence-electron chi connectivity index (χ3n) is 3.94. The zero-order valence-corrected chi connectivity index (χ0v) is 16.8. The molecule has 1 amide bonds. The number of aromatic nitrogens is 1. The number of ether oxygens (including phenoxy) is 1. The maximum Gasteiger partial charge on any atom is 0.226 e. The molecule has 3 aromatic rings. The van der Waals surface area contributed by atoms with Gasteiger partial charge >= 0.3 is 0 Å². The third-order valence-corrected chi connectivity index (χ3v) is 5.81. The summed E-state index contributed by atoms with van der Waals surface area (Å²) < 4.78 is 5.17. The van der Waals surface area contributed by atoms with Crippen LogP contribution in [0.15, 0.2) is 60.0 Å². The SMILES string of the molecule is COc1ccc(-c2csc(NC(=O)CCCSCc3ccccc3)n2)cc1. The van der Waals surface area contributed by atoms with Gasteiger partial charge in [0, 0.05) is 23.1 Å². The van der Waals surface area contributed by atoms with E-state index in [1.165, 1.54) is 16.9 Å². The van der Waals surface area contributed by atoms with Gasteiger partial charge in [-0.05, 0) is 42.0 Å². The summed E-state index contributed by atoms with van der Waals surface area (Å²) in [7, 11) is 1.64. The number of thioether (sulfide) groups is 1. The summed E-state index contributed by atoms with van der Waals surface area (Å²) in [5, 5.41) is 5.49. The van der Waals surface area contributed by atoms with Crippen LogP contribution in [0, 0.1) is 0 Å². The van der Waals surface area contributed by atoms with Crippen molar-refractivity contribution >= 4 is 34.1 Å². The molecule has 140 valence electrons. The largest absolute Gasteiger partial charge is 0.497 e. The third kappa shape index (κ3) is 6.12. The van der Waals surface area contributed by atoms with Gasteiger partial charge in [-0.25, -0.2) is 4.98 Å². The number of thiazole rings is 1. The predicted molar refractivity (Wildman–Crippen MR) is 115 cm³/mol. The van der Waals surface area contributed by atoms with Crippen LogP contribution >= 0.6 is 23.1 Å². The zero-order valence-electron chi connectivity index (χ0n) is 15.2.